The van der Waals surface area contributed by atoms with Crippen LogP contribution in [-0.4, -0.2) is 73.0 Å². The predicted octanol–water partition coefficient (Wildman–Crippen LogP) is 7.59. The molecule has 260 valence electrons. The van der Waals surface area contributed by atoms with Gasteiger partial charge >= 0.3 is 12.1 Å². The number of carbonyl (C=O) groups is 2. The average molecular weight is 677 g/mol. The molecule has 2 N–H and O–H groups in total. The van der Waals surface area contributed by atoms with Gasteiger partial charge in [-0.2, -0.15) is 5.10 Å². The van der Waals surface area contributed by atoms with E-state index in [1.807, 2.05) is 104 Å². The number of ether oxygens (including phenoxy) is 3. The van der Waals surface area contributed by atoms with E-state index in [1.54, 1.807) is 11.7 Å². The summed E-state index contributed by atoms with van der Waals surface area (Å²) in [6, 6.07) is 30.4. The van der Waals surface area contributed by atoms with Gasteiger partial charge in [0.2, 0.25) is 6.29 Å². The second-order valence-electron chi connectivity index (χ2n) is 13.4. The molecule has 0 spiro atoms. The number of benzene rings is 4. The smallest absolute Gasteiger partial charge is 0.416 e. The Morgan fingerprint density at radius 3 is 2.40 bits per heavy atom. The lowest BCUT2D eigenvalue weighted by atomic mass is 9.92. The van der Waals surface area contributed by atoms with Crippen LogP contribution in [0.5, 0.6) is 5.75 Å². The molecule has 1 fully saturated rings. The van der Waals surface area contributed by atoms with E-state index in [4.69, 9.17) is 19.3 Å². The van der Waals surface area contributed by atoms with Crippen LogP contribution in [0.4, 0.5) is 26.8 Å². The van der Waals surface area contributed by atoms with Crippen LogP contribution in [0.15, 0.2) is 97.1 Å². The molecule has 1 aromatic heterocycles. The summed E-state index contributed by atoms with van der Waals surface area (Å²) in [4.78, 5) is 29.7. The largest absolute Gasteiger partial charge is 0.492 e. The summed E-state index contributed by atoms with van der Waals surface area (Å²) in [6.07, 6.45) is -1.14. The number of para-hydroxylation sites is 1. The maximum absolute atomic E-state index is 13.4. The number of hydrogen-bond donors (Lipinski definition) is 2. The molecule has 3 amide bonds. The van der Waals surface area contributed by atoms with Crippen molar-refractivity contribution in [1.82, 2.24) is 14.7 Å². The Hall–Kier alpha value is -5.39. The average Bonchev–Trinajstić information content (AvgIpc) is 3.54. The molecule has 0 saturated carbocycles. The highest BCUT2D eigenvalue weighted by atomic mass is 16.7. The van der Waals surface area contributed by atoms with Crippen LogP contribution in [0.25, 0.3) is 16.5 Å². The lowest BCUT2D eigenvalue weighted by Gasteiger charge is -2.33. The lowest BCUT2D eigenvalue weighted by molar-refractivity contribution is -0.146. The van der Waals surface area contributed by atoms with Gasteiger partial charge in [-0.3, -0.25) is 15.1 Å². The highest BCUT2D eigenvalue weighted by Crippen LogP contribution is 2.32. The molecular formula is C39H44N6O5. The summed E-state index contributed by atoms with van der Waals surface area (Å²) >= 11 is 0. The van der Waals surface area contributed by atoms with Crippen molar-refractivity contribution in [3.8, 4) is 11.4 Å². The van der Waals surface area contributed by atoms with Crippen LogP contribution in [0.1, 0.15) is 32.0 Å². The second kappa shape index (κ2) is 15.0. The zero-order chi connectivity index (χ0) is 35.3. The minimum absolute atomic E-state index is 0.204. The summed E-state index contributed by atoms with van der Waals surface area (Å²) in [5.41, 5.74) is 4.06. The van der Waals surface area contributed by atoms with Gasteiger partial charge in [0.25, 0.3) is 0 Å². The number of nitrogens with one attached hydrogen (secondary N) is 2. The zero-order valence-corrected chi connectivity index (χ0v) is 29.2. The molecule has 1 aliphatic rings. The third-order valence-electron chi connectivity index (χ3n) is 8.56. The zero-order valence-electron chi connectivity index (χ0n) is 29.2. The first-order chi connectivity index (χ1) is 24.0. The van der Waals surface area contributed by atoms with Crippen LogP contribution in [0.3, 0.4) is 0 Å². The Kier molecular flexibility index (Phi) is 10.4. The van der Waals surface area contributed by atoms with Crippen molar-refractivity contribution >= 4 is 40.1 Å². The van der Waals surface area contributed by atoms with Gasteiger partial charge in [0.05, 0.1) is 30.2 Å². The van der Waals surface area contributed by atoms with E-state index in [0.717, 1.165) is 33.4 Å². The number of hydrogen-bond acceptors (Lipinski definition) is 7. The van der Waals surface area contributed by atoms with Crippen LogP contribution in [0.2, 0.25) is 0 Å². The van der Waals surface area contributed by atoms with E-state index < -0.39 is 12.4 Å². The van der Waals surface area contributed by atoms with E-state index in [-0.39, 0.29) is 11.4 Å². The van der Waals surface area contributed by atoms with Gasteiger partial charge in [0, 0.05) is 48.1 Å². The summed E-state index contributed by atoms with van der Waals surface area (Å²) in [5.74, 6) is 1.28. The van der Waals surface area contributed by atoms with Gasteiger partial charge < -0.3 is 19.5 Å². The standard InChI is InChI=1S/C39H44N6O5/c1-27-15-17-29(18-16-27)45-35(25-34(42-45)39(2,3)4)41-37(46)40-32-19-20-33(31-14-10-9-13-30(31)32)48-23-21-44-22-24-49-36(26-44)50-38(47)43(5)28-11-7-6-8-12-28/h6-20,25,36H,21-24,26H2,1-5H3,(H2,40,41,46). The molecule has 0 aliphatic carbocycles. The van der Waals surface area contributed by atoms with E-state index >= 15 is 0 Å². The van der Waals surface area contributed by atoms with Gasteiger partial charge in [-0.1, -0.05) is 80.9 Å². The summed E-state index contributed by atoms with van der Waals surface area (Å²) < 4.78 is 19.4. The van der Waals surface area contributed by atoms with Gasteiger partial charge in [-0.05, 0) is 43.3 Å². The molecule has 2 heterocycles. The first kappa shape index (κ1) is 34.5. The fourth-order valence-corrected chi connectivity index (χ4v) is 5.67. The van der Waals surface area contributed by atoms with Crippen molar-refractivity contribution < 1.29 is 23.8 Å². The second-order valence-corrected chi connectivity index (χ2v) is 13.4. The number of morpholine rings is 1. The van der Waals surface area contributed by atoms with Crippen molar-refractivity contribution in [3.63, 3.8) is 0 Å². The van der Waals surface area contributed by atoms with E-state index in [1.165, 1.54) is 4.90 Å². The number of aryl methyl sites for hydroxylation is 1. The molecule has 4 aromatic carbocycles. The van der Waals surface area contributed by atoms with Crippen molar-refractivity contribution in [2.45, 2.75) is 39.4 Å². The molecule has 1 atom stereocenters. The Balaban J connectivity index is 1.08. The summed E-state index contributed by atoms with van der Waals surface area (Å²) in [5, 5.41) is 12.6. The van der Waals surface area contributed by atoms with Crippen LogP contribution >= 0.6 is 0 Å². The normalized spacial score (nSPS) is 15.0. The maximum atomic E-state index is 13.4. The number of rotatable bonds is 9. The molecule has 11 nitrogen and oxygen atoms in total. The van der Waals surface area contributed by atoms with E-state index in [9.17, 15) is 9.59 Å². The molecular weight excluding hydrogens is 632 g/mol. The number of anilines is 3. The number of amides is 3. The summed E-state index contributed by atoms with van der Waals surface area (Å²) in [7, 11) is 1.68. The highest BCUT2D eigenvalue weighted by molar-refractivity contribution is 6.07. The first-order valence-electron chi connectivity index (χ1n) is 16.8. The van der Waals surface area contributed by atoms with Gasteiger partial charge in [0.15, 0.2) is 0 Å². The van der Waals surface area contributed by atoms with Gasteiger partial charge in [0.1, 0.15) is 18.2 Å². The van der Waals surface area contributed by atoms with Crippen molar-refractivity contribution in [1.29, 1.82) is 0 Å². The molecule has 50 heavy (non-hydrogen) atoms. The van der Waals surface area contributed by atoms with Gasteiger partial charge in [-0.15, -0.1) is 0 Å². The maximum Gasteiger partial charge on any atom is 0.416 e. The third-order valence-corrected chi connectivity index (χ3v) is 8.56. The lowest BCUT2D eigenvalue weighted by Crippen LogP contribution is -2.47. The minimum atomic E-state index is -0.671. The predicted molar refractivity (Wildman–Crippen MR) is 197 cm³/mol. The Bertz CT molecular complexity index is 1940. The Labute approximate surface area is 292 Å². The van der Waals surface area contributed by atoms with Crippen molar-refractivity contribution in [2.75, 3.05) is 55.4 Å². The van der Waals surface area contributed by atoms with E-state index in [0.29, 0.717) is 50.1 Å². The fraction of sp³-hybridized carbons (Fsp3) is 0.308. The Morgan fingerprint density at radius 1 is 0.940 bits per heavy atom. The highest BCUT2D eigenvalue weighted by Gasteiger charge is 2.26. The van der Waals surface area contributed by atoms with Crippen molar-refractivity contribution in [3.05, 3.63) is 108 Å². The van der Waals surface area contributed by atoms with Crippen LogP contribution in [-0.2, 0) is 14.9 Å². The molecule has 0 bridgehead atoms. The van der Waals surface area contributed by atoms with Gasteiger partial charge in [-0.25, -0.2) is 14.3 Å². The summed E-state index contributed by atoms with van der Waals surface area (Å²) in [6.45, 7) is 10.9. The topological polar surface area (TPSA) is 110 Å². The molecule has 1 saturated heterocycles. The minimum Gasteiger partial charge on any atom is -0.492 e. The molecule has 11 heteroatoms. The number of aromatic nitrogens is 2. The molecule has 1 unspecified atom stereocenters. The number of nitrogens with zero attached hydrogens (tertiary/aromatic N) is 4. The SMILES string of the molecule is Cc1ccc(-n2nc(C(C)(C)C)cc2NC(=O)Nc2ccc(OCCN3CCOC(OC(=O)N(C)c4ccccc4)C3)c3ccccc23)cc1. The van der Waals surface area contributed by atoms with Crippen LogP contribution < -0.4 is 20.3 Å². The fourth-order valence-electron chi connectivity index (χ4n) is 5.67. The number of carbonyl (C=O) groups excluding carboxylic acids is 2. The first-order valence-corrected chi connectivity index (χ1v) is 16.8. The quantitative estimate of drug-likeness (QED) is 0.166. The monoisotopic (exact) mass is 676 g/mol. The third kappa shape index (κ3) is 8.24. The number of urea groups is 1. The molecule has 6 rings (SSSR count). The van der Waals surface area contributed by atoms with Crippen molar-refractivity contribution in [2.24, 2.45) is 0 Å². The van der Waals surface area contributed by atoms with E-state index in [2.05, 4.69) is 36.3 Å². The molecule has 1 aliphatic heterocycles. The van der Waals surface area contributed by atoms with Crippen LogP contribution in [0, 0.1) is 6.92 Å². The Morgan fingerprint density at radius 2 is 1.66 bits per heavy atom. The number of fused-ring (bicyclic) bond motifs is 1. The molecule has 5 aromatic rings. The molecule has 0 radical (unpaired) electrons.